The number of rotatable bonds is 7. The van der Waals surface area contributed by atoms with Gasteiger partial charge in [-0.2, -0.15) is 0 Å². The van der Waals surface area contributed by atoms with Crippen LogP contribution in [0.25, 0.3) is 0 Å². The van der Waals surface area contributed by atoms with E-state index in [0.29, 0.717) is 18.2 Å². The average Bonchev–Trinajstić information content (AvgIpc) is 2.77. The van der Waals surface area contributed by atoms with Crippen molar-refractivity contribution < 1.29 is 4.79 Å². The molecule has 0 aromatic heterocycles. The van der Waals surface area contributed by atoms with Crippen molar-refractivity contribution in [1.82, 2.24) is 10.6 Å². The van der Waals surface area contributed by atoms with Gasteiger partial charge < -0.3 is 10.6 Å². The number of thioether (sulfide) groups is 1. The fourth-order valence-electron chi connectivity index (χ4n) is 1.72. The number of aliphatic imine (C=N–C) groups is 1. The van der Waals surface area contributed by atoms with E-state index in [1.807, 2.05) is 18.7 Å². The Hall–Kier alpha value is -0.710. The van der Waals surface area contributed by atoms with Crippen LogP contribution in [0.3, 0.4) is 0 Å². The number of carbonyl (C=O) groups excluding carboxylic acids is 1. The van der Waals surface area contributed by atoms with Gasteiger partial charge in [0.05, 0.1) is 6.54 Å². The summed E-state index contributed by atoms with van der Waals surface area (Å²) in [6.07, 6.45) is 3.91. The molecule has 1 heterocycles. The van der Waals surface area contributed by atoms with Gasteiger partial charge in [0.25, 0.3) is 0 Å². The third-order valence-electron chi connectivity index (χ3n) is 2.98. The van der Waals surface area contributed by atoms with Crippen molar-refractivity contribution in [2.75, 3.05) is 13.1 Å². The van der Waals surface area contributed by atoms with Gasteiger partial charge in [0, 0.05) is 24.3 Å². The molecule has 0 saturated carbocycles. The number of amidine groups is 1. The third kappa shape index (κ3) is 5.76. The van der Waals surface area contributed by atoms with Crippen LogP contribution in [0, 0.1) is 0 Å². The summed E-state index contributed by atoms with van der Waals surface area (Å²) in [5.41, 5.74) is 0. The van der Waals surface area contributed by atoms with Crippen LogP contribution in [-0.2, 0) is 4.79 Å². The first-order chi connectivity index (χ1) is 8.65. The highest BCUT2D eigenvalue weighted by molar-refractivity contribution is 8.14. The SMILES string of the molecule is CCCC1CN=C(NCCC(=O)NC(C)CC)S1. The lowest BCUT2D eigenvalue weighted by atomic mass is 10.2. The summed E-state index contributed by atoms with van der Waals surface area (Å²) in [6, 6.07) is 0.268. The molecule has 1 amide bonds. The van der Waals surface area contributed by atoms with Gasteiger partial charge in [0.1, 0.15) is 0 Å². The smallest absolute Gasteiger partial charge is 0.221 e. The van der Waals surface area contributed by atoms with Crippen LogP contribution < -0.4 is 10.6 Å². The lowest BCUT2D eigenvalue weighted by Gasteiger charge is -2.12. The Bertz CT molecular complexity index is 294. The number of hydrogen-bond donors (Lipinski definition) is 2. The molecule has 0 aliphatic carbocycles. The maximum atomic E-state index is 11.6. The molecule has 104 valence electrons. The molecule has 0 fully saturated rings. The highest BCUT2D eigenvalue weighted by atomic mass is 32.2. The molecule has 0 saturated heterocycles. The Balaban J connectivity index is 2.10. The quantitative estimate of drug-likeness (QED) is 0.746. The minimum absolute atomic E-state index is 0.116. The molecule has 0 spiro atoms. The molecule has 1 aliphatic rings. The van der Waals surface area contributed by atoms with Crippen molar-refractivity contribution in [3.05, 3.63) is 0 Å². The molecule has 4 nitrogen and oxygen atoms in total. The van der Waals surface area contributed by atoms with Gasteiger partial charge >= 0.3 is 0 Å². The molecule has 1 aliphatic heterocycles. The van der Waals surface area contributed by atoms with Gasteiger partial charge in [-0.25, -0.2) is 0 Å². The van der Waals surface area contributed by atoms with E-state index in [1.54, 1.807) is 0 Å². The van der Waals surface area contributed by atoms with E-state index in [9.17, 15) is 4.79 Å². The zero-order chi connectivity index (χ0) is 13.4. The van der Waals surface area contributed by atoms with E-state index in [4.69, 9.17) is 0 Å². The number of hydrogen-bond acceptors (Lipinski definition) is 4. The Morgan fingerprint density at radius 2 is 2.33 bits per heavy atom. The topological polar surface area (TPSA) is 53.5 Å². The van der Waals surface area contributed by atoms with Crippen LogP contribution in [0.4, 0.5) is 0 Å². The van der Waals surface area contributed by atoms with Crippen molar-refractivity contribution >= 4 is 22.8 Å². The summed E-state index contributed by atoms with van der Waals surface area (Å²) in [6.45, 7) is 7.89. The van der Waals surface area contributed by atoms with E-state index >= 15 is 0 Å². The van der Waals surface area contributed by atoms with Crippen molar-refractivity contribution in [1.29, 1.82) is 0 Å². The van der Waals surface area contributed by atoms with Crippen LogP contribution in [0.1, 0.15) is 46.5 Å². The van der Waals surface area contributed by atoms with Crippen molar-refractivity contribution in [3.8, 4) is 0 Å². The summed E-state index contributed by atoms with van der Waals surface area (Å²) in [4.78, 5) is 16.0. The van der Waals surface area contributed by atoms with Crippen molar-refractivity contribution in [2.24, 2.45) is 4.99 Å². The minimum Gasteiger partial charge on any atom is -0.364 e. The van der Waals surface area contributed by atoms with Gasteiger partial charge in [-0.3, -0.25) is 9.79 Å². The largest absolute Gasteiger partial charge is 0.364 e. The van der Waals surface area contributed by atoms with E-state index < -0.39 is 0 Å². The van der Waals surface area contributed by atoms with E-state index in [2.05, 4.69) is 29.5 Å². The molecule has 1 rings (SSSR count). The molecule has 18 heavy (non-hydrogen) atoms. The summed E-state index contributed by atoms with van der Waals surface area (Å²) in [5.74, 6) is 0.116. The number of amides is 1. The predicted octanol–water partition coefficient (Wildman–Crippen LogP) is 2.15. The van der Waals surface area contributed by atoms with Crippen molar-refractivity contribution in [3.63, 3.8) is 0 Å². The number of nitrogens with zero attached hydrogens (tertiary/aromatic N) is 1. The average molecular weight is 271 g/mol. The lowest BCUT2D eigenvalue weighted by molar-refractivity contribution is -0.121. The molecular formula is C13H25N3OS. The standard InChI is InChI=1S/C13H25N3OS/c1-4-6-11-9-15-13(18-11)14-8-7-12(17)16-10(3)5-2/h10-11H,4-9H2,1-3H3,(H,14,15)(H,16,17). The van der Waals surface area contributed by atoms with Gasteiger partial charge in [-0.05, 0) is 19.8 Å². The van der Waals surface area contributed by atoms with Crippen LogP contribution >= 0.6 is 11.8 Å². The second-order valence-corrected chi connectivity index (χ2v) is 6.02. The molecule has 0 aromatic carbocycles. The lowest BCUT2D eigenvalue weighted by Crippen LogP contribution is -2.34. The first-order valence-electron chi connectivity index (χ1n) is 6.90. The number of nitrogens with one attached hydrogen (secondary N) is 2. The molecule has 0 aromatic rings. The van der Waals surface area contributed by atoms with Crippen LogP contribution in [0.5, 0.6) is 0 Å². The molecule has 0 radical (unpaired) electrons. The highest BCUT2D eigenvalue weighted by Gasteiger charge is 2.18. The summed E-state index contributed by atoms with van der Waals surface area (Å²) < 4.78 is 0. The Morgan fingerprint density at radius 3 is 3.00 bits per heavy atom. The third-order valence-corrected chi connectivity index (χ3v) is 4.19. The summed E-state index contributed by atoms with van der Waals surface area (Å²) >= 11 is 1.81. The molecule has 2 atom stereocenters. The molecular weight excluding hydrogens is 246 g/mol. The first kappa shape index (κ1) is 15.3. The van der Waals surface area contributed by atoms with Crippen molar-refractivity contribution in [2.45, 2.75) is 57.7 Å². The normalized spacial score (nSPS) is 20.4. The Kier molecular flexibility index (Phi) is 7.16. The second-order valence-electron chi connectivity index (χ2n) is 4.73. The van der Waals surface area contributed by atoms with Gasteiger partial charge in [-0.1, -0.05) is 32.0 Å². The van der Waals surface area contributed by atoms with Gasteiger partial charge in [-0.15, -0.1) is 0 Å². The maximum absolute atomic E-state index is 11.6. The molecule has 2 N–H and O–H groups in total. The van der Waals surface area contributed by atoms with Crippen LogP contribution in [0.2, 0.25) is 0 Å². The van der Waals surface area contributed by atoms with Crippen LogP contribution in [-0.4, -0.2) is 35.5 Å². The number of carbonyl (C=O) groups is 1. The fraction of sp³-hybridized carbons (Fsp3) is 0.846. The minimum atomic E-state index is 0.116. The molecule has 5 heteroatoms. The zero-order valence-electron chi connectivity index (χ0n) is 11.7. The van der Waals surface area contributed by atoms with Crippen LogP contribution in [0.15, 0.2) is 4.99 Å². The first-order valence-corrected chi connectivity index (χ1v) is 7.78. The zero-order valence-corrected chi connectivity index (χ0v) is 12.5. The highest BCUT2D eigenvalue weighted by Crippen LogP contribution is 2.23. The summed E-state index contributed by atoms with van der Waals surface area (Å²) in [7, 11) is 0. The predicted molar refractivity (Wildman–Crippen MR) is 79.1 cm³/mol. The molecule has 0 bridgehead atoms. The molecule has 2 unspecified atom stereocenters. The fourth-order valence-corrected chi connectivity index (χ4v) is 2.87. The van der Waals surface area contributed by atoms with E-state index in [0.717, 1.165) is 18.1 Å². The monoisotopic (exact) mass is 271 g/mol. The Labute approximate surface area is 114 Å². The van der Waals surface area contributed by atoms with Gasteiger partial charge in [0.15, 0.2) is 5.17 Å². The maximum Gasteiger partial charge on any atom is 0.221 e. The van der Waals surface area contributed by atoms with E-state index in [-0.39, 0.29) is 11.9 Å². The van der Waals surface area contributed by atoms with Gasteiger partial charge in [0.2, 0.25) is 5.91 Å². The Morgan fingerprint density at radius 1 is 1.56 bits per heavy atom. The summed E-state index contributed by atoms with van der Waals surface area (Å²) in [5, 5.41) is 7.84. The van der Waals surface area contributed by atoms with E-state index in [1.165, 1.54) is 12.8 Å². The second kappa shape index (κ2) is 8.40.